The molecule has 1 fully saturated rings. The normalized spacial score (nSPS) is 31.8. The first-order chi connectivity index (χ1) is 4.24. The molecule has 3 heteroatoms. The Balaban J connectivity index is 2.12. The molecule has 1 aliphatic carbocycles. The number of nitrogens with one attached hydrogen (secondary N) is 1. The van der Waals surface area contributed by atoms with Gasteiger partial charge in [-0.2, -0.15) is 0 Å². The highest BCUT2D eigenvalue weighted by molar-refractivity contribution is 5.76. The summed E-state index contributed by atoms with van der Waals surface area (Å²) in [5.74, 6) is 0.105. The van der Waals surface area contributed by atoms with Gasteiger partial charge in [-0.3, -0.25) is 4.79 Å². The molecule has 52 valence electrons. The minimum Gasteiger partial charge on any atom is -0.352 e. The van der Waals surface area contributed by atoms with Crippen LogP contribution in [0.2, 0.25) is 0 Å². The molecule has 0 spiro atoms. The summed E-state index contributed by atoms with van der Waals surface area (Å²) < 4.78 is 0. The summed E-state index contributed by atoms with van der Waals surface area (Å²) in [4.78, 5) is 10.6. The Bertz CT molecular complexity index is 124. The maximum atomic E-state index is 10.6. The fourth-order valence-corrected chi connectivity index (χ4v) is 0.689. The maximum Gasteiger partial charge on any atom is 0.219 e. The van der Waals surface area contributed by atoms with Crippen LogP contribution in [0, 0.1) is 0 Å². The highest BCUT2D eigenvalue weighted by atomic mass is 16.1. The molecule has 0 bridgehead atoms. The van der Waals surface area contributed by atoms with Crippen LogP contribution in [0.4, 0.5) is 0 Å². The third kappa shape index (κ3) is 1.68. The average molecular weight is 128 g/mol. The van der Waals surface area contributed by atoms with Crippen molar-refractivity contribution in [2.24, 2.45) is 5.73 Å². The standard InChI is InChI=1S/C6H12N2O/c1-2-6(9)8-5-3-4(5)7/h4-5H,2-3,7H2,1H3,(H,8,9)/t4-,5+/m1/s1. The fraction of sp³-hybridized carbons (Fsp3) is 0.833. The van der Waals surface area contributed by atoms with Gasteiger partial charge >= 0.3 is 0 Å². The Morgan fingerprint density at radius 2 is 2.44 bits per heavy atom. The second kappa shape index (κ2) is 2.35. The lowest BCUT2D eigenvalue weighted by atomic mass is 10.4. The lowest BCUT2D eigenvalue weighted by molar-refractivity contribution is -0.120. The number of hydrogen-bond donors (Lipinski definition) is 2. The average Bonchev–Trinajstić information content (AvgIpc) is 2.47. The van der Waals surface area contributed by atoms with Gasteiger partial charge in [0.1, 0.15) is 0 Å². The lowest BCUT2D eigenvalue weighted by Crippen LogP contribution is -2.28. The SMILES string of the molecule is CCC(=O)N[C@H]1C[C@H]1N. The molecule has 1 amide bonds. The highest BCUT2D eigenvalue weighted by Gasteiger charge is 2.34. The van der Waals surface area contributed by atoms with Gasteiger partial charge in [0.2, 0.25) is 5.91 Å². The van der Waals surface area contributed by atoms with E-state index in [9.17, 15) is 4.79 Å². The number of carbonyl (C=O) groups excluding carboxylic acids is 1. The van der Waals surface area contributed by atoms with Gasteiger partial charge in [-0.1, -0.05) is 6.92 Å². The van der Waals surface area contributed by atoms with Gasteiger partial charge in [-0.25, -0.2) is 0 Å². The van der Waals surface area contributed by atoms with Gasteiger partial charge in [0.25, 0.3) is 0 Å². The molecular weight excluding hydrogens is 116 g/mol. The zero-order valence-corrected chi connectivity index (χ0v) is 5.55. The van der Waals surface area contributed by atoms with E-state index in [1.165, 1.54) is 0 Å². The molecule has 0 unspecified atom stereocenters. The second-order valence-electron chi connectivity index (χ2n) is 2.43. The maximum absolute atomic E-state index is 10.6. The van der Waals surface area contributed by atoms with Gasteiger partial charge in [0, 0.05) is 18.5 Å². The van der Waals surface area contributed by atoms with Crippen LogP contribution in [0.15, 0.2) is 0 Å². The monoisotopic (exact) mass is 128 g/mol. The van der Waals surface area contributed by atoms with E-state index in [1.807, 2.05) is 6.92 Å². The van der Waals surface area contributed by atoms with Crippen LogP contribution in [-0.4, -0.2) is 18.0 Å². The first-order valence-electron chi connectivity index (χ1n) is 3.29. The highest BCUT2D eigenvalue weighted by Crippen LogP contribution is 2.17. The number of nitrogens with two attached hydrogens (primary N) is 1. The quantitative estimate of drug-likeness (QED) is 0.532. The predicted octanol–water partition coefficient (Wildman–Crippen LogP) is -0.388. The van der Waals surface area contributed by atoms with Crippen molar-refractivity contribution in [1.82, 2.24) is 5.32 Å². The van der Waals surface area contributed by atoms with E-state index in [2.05, 4.69) is 5.32 Å². The first-order valence-corrected chi connectivity index (χ1v) is 3.29. The Morgan fingerprint density at radius 1 is 1.89 bits per heavy atom. The summed E-state index contributed by atoms with van der Waals surface area (Å²) in [5.41, 5.74) is 5.45. The molecule has 3 nitrogen and oxygen atoms in total. The Hall–Kier alpha value is -0.570. The summed E-state index contributed by atoms with van der Waals surface area (Å²) in [5, 5.41) is 2.79. The van der Waals surface area contributed by atoms with Gasteiger partial charge < -0.3 is 11.1 Å². The zero-order valence-electron chi connectivity index (χ0n) is 5.55. The molecule has 0 radical (unpaired) electrons. The molecular formula is C6H12N2O. The van der Waals surface area contributed by atoms with Crippen LogP contribution in [0.3, 0.4) is 0 Å². The Labute approximate surface area is 54.6 Å². The minimum atomic E-state index is 0.105. The number of rotatable bonds is 2. The van der Waals surface area contributed by atoms with Crippen molar-refractivity contribution < 1.29 is 4.79 Å². The lowest BCUT2D eigenvalue weighted by Gasteiger charge is -1.97. The first kappa shape index (κ1) is 6.55. The summed E-state index contributed by atoms with van der Waals surface area (Å²) in [6.07, 6.45) is 1.51. The van der Waals surface area contributed by atoms with E-state index < -0.39 is 0 Å². The molecule has 1 aliphatic rings. The van der Waals surface area contributed by atoms with Crippen molar-refractivity contribution >= 4 is 5.91 Å². The number of amides is 1. The van der Waals surface area contributed by atoms with Crippen LogP contribution in [0.25, 0.3) is 0 Å². The number of hydrogen-bond acceptors (Lipinski definition) is 2. The number of carbonyl (C=O) groups is 1. The second-order valence-corrected chi connectivity index (χ2v) is 2.43. The molecule has 0 saturated heterocycles. The minimum absolute atomic E-state index is 0.105. The van der Waals surface area contributed by atoms with Crippen LogP contribution in [0.1, 0.15) is 19.8 Å². The molecule has 0 aliphatic heterocycles. The van der Waals surface area contributed by atoms with Gasteiger partial charge in [0.05, 0.1) is 0 Å². The van der Waals surface area contributed by atoms with Crippen LogP contribution in [-0.2, 0) is 4.79 Å². The predicted molar refractivity (Wildman–Crippen MR) is 34.8 cm³/mol. The molecule has 2 atom stereocenters. The fourth-order valence-electron chi connectivity index (χ4n) is 0.689. The van der Waals surface area contributed by atoms with Gasteiger partial charge in [-0.15, -0.1) is 0 Å². The summed E-state index contributed by atoms with van der Waals surface area (Å²) >= 11 is 0. The van der Waals surface area contributed by atoms with Crippen LogP contribution >= 0.6 is 0 Å². The third-order valence-corrected chi connectivity index (χ3v) is 1.51. The largest absolute Gasteiger partial charge is 0.352 e. The molecule has 1 rings (SSSR count). The van der Waals surface area contributed by atoms with Crippen LogP contribution in [0.5, 0.6) is 0 Å². The van der Waals surface area contributed by atoms with E-state index in [-0.39, 0.29) is 18.0 Å². The van der Waals surface area contributed by atoms with Crippen molar-refractivity contribution in [3.05, 3.63) is 0 Å². The van der Waals surface area contributed by atoms with Gasteiger partial charge in [0.15, 0.2) is 0 Å². The van der Waals surface area contributed by atoms with E-state index in [0.29, 0.717) is 6.42 Å². The Kier molecular flexibility index (Phi) is 1.71. The molecule has 3 N–H and O–H groups in total. The molecule has 0 heterocycles. The molecule has 0 aromatic carbocycles. The zero-order chi connectivity index (χ0) is 6.85. The van der Waals surface area contributed by atoms with Crippen molar-refractivity contribution in [3.8, 4) is 0 Å². The smallest absolute Gasteiger partial charge is 0.219 e. The van der Waals surface area contributed by atoms with Crippen molar-refractivity contribution in [2.75, 3.05) is 0 Å². The summed E-state index contributed by atoms with van der Waals surface area (Å²) in [7, 11) is 0. The van der Waals surface area contributed by atoms with Crippen LogP contribution < -0.4 is 11.1 Å². The van der Waals surface area contributed by atoms with E-state index in [0.717, 1.165) is 6.42 Å². The Morgan fingerprint density at radius 3 is 2.78 bits per heavy atom. The molecule has 0 aromatic heterocycles. The van der Waals surface area contributed by atoms with Crippen molar-refractivity contribution in [3.63, 3.8) is 0 Å². The molecule has 1 saturated carbocycles. The topological polar surface area (TPSA) is 55.1 Å². The van der Waals surface area contributed by atoms with Crippen molar-refractivity contribution in [2.45, 2.75) is 31.8 Å². The molecule has 0 aromatic rings. The van der Waals surface area contributed by atoms with Gasteiger partial charge in [-0.05, 0) is 6.42 Å². The summed E-state index contributed by atoms with van der Waals surface area (Å²) in [6, 6.07) is 0.498. The van der Waals surface area contributed by atoms with E-state index in [1.54, 1.807) is 0 Å². The third-order valence-electron chi connectivity index (χ3n) is 1.51. The summed E-state index contributed by atoms with van der Waals surface area (Å²) in [6.45, 7) is 1.84. The van der Waals surface area contributed by atoms with Crippen molar-refractivity contribution in [1.29, 1.82) is 0 Å². The van der Waals surface area contributed by atoms with E-state index in [4.69, 9.17) is 5.73 Å². The molecule has 9 heavy (non-hydrogen) atoms. The van der Waals surface area contributed by atoms with E-state index >= 15 is 0 Å².